The van der Waals surface area contributed by atoms with E-state index in [-0.39, 0.29) is 23.8 Å². The highest BCUT2D eigenvalue weighted by Crippen LogP contribution is 2.32. The van der Waals surface area contributed by atoms with E-state index in [0.717, 1.165) is 5.56 Å². The Kier molecular flexibility index (Phi) is 6.69. The second kappa shape index (κ2) is 9.84. The van der Waals surface area contributed by atoms with Gasteiger partial charge in [0.1, 0.15) is 0 Å². The van der Waals surface area contributed by atoms with Crippen LogP contribution in [0.3, 0.4) is 0 Å². The Morgan fingerprint density at radius 2 is 1.68 bits per heavy atom. The number of benzene rings is 3. The third-order valence-corrected chi connectivity index (χ3v) is 6.38. The van der Waals surface area contributed by atoms with Gasteiger partial charge in [-0.15, -0.1) is 0 Å². The summed E-state index contributed by atoms with van der Waals surface area (Å²) < 4.78 is 43.3. The van der Waals surface area contributed by atoms with Crippen LogP contribution >= 0.6 is 0 Å². The quantitative estimate of drug-likeness (QED) is 0.474. The van der Waals surface area contributed by atoms with Gasteiger partial charge in [-0.25, -0.2) is 13.2 Å². The van der Waals surface area contributed by atoms with Crippen LogP contribution in [0.5, 0.6) is 11.5 Å². The van der Waals surface area contributed by atoms with Crippen LogP contribution in [0.1, 0.15) is 22.8 Å². The van der Waals surface area contributed by atoms with Crippen molar-refractivity contribution in [2.75, 3.05) is 11.5 Å². The summed E-state index contributed by atoms with van der Waals surface area (Å²) in [6, 6.07) is 19.0. The Bertz CT molecular complexity index is 1290. The summed E-state index contributed by atoms with van der Waals surface area (Å²) in [5.74, 6) is 0.0330. The summed E-state index contributed by atoms with van der Waals surface area (Å²) in [5.41, 5.74) is 1.35. The Hall–Kier alpha value is -4.05. The smallest absolute Gasteiger partial charge is 0.338 e. The van der Waals surface area contributed by atoms with E-state index in [4.69, 9.17) is 14.2 Å². The topological polar surface area (TPSA) is 120 Å². The molecule has 9 nitrogen and oxygen atoms in total. The van der Waals surface area contributed by atoms with Gasteiger partial charge in [0.2, 0.25) is 6.79 Å². The highest BCUT2D eigenvalue weighted by atomic mass is 32.2. The van der Waals surface area contributed by atoms with Gasteiger partial charge >= 0.3 is 5.97 Å². The average molecular weight is 483 g/mol. The van der Waals surface area contributed by atoms with Gasteiger partial charge in [-0.2, -0.15) is 0 Å². The molecule has 0 saturated carbocycles. The summed E-state index contributed by atoms with van der Waals surface area (Å²) >= 11 is 0. The third-order valence-electron chi connectivity index (χ3n) is 4.98. The van der Waals surface area contributed by atoms with Crippen molar-refractivity contribution in [1.29, 1.82) is 0 Å². The molecular formula is C24H22N2O7S. The van der Waals surface area contributed by atoms with Gasteiger partial charge in [-0.3, -0.25) is 9.52 Å². The molecule has 1 aliphatic heterocycles. The fourth-order valence-corrected chi connectivity index (χ4v) is 4.21. The molecule has 0 bridgehead atoms. The van der Waals surface area contributed by atoms with Crippen molar-refractivity contribution >= 4 is 27.6 Å². The van der Waals surface area contributed by atoms with Crippen molar-refractivity contribution in [2.24, 2.45) is 0 Å². The van der Waals surface area contributed by atoms with Gasteiger partial charge in [0.05, 0.1) is 10.5 Å². The molecule has 3 aromatic rings. The zero-order chi connectivity index (χ0) is 24.1. The first-order valence-corrected chi connectivity index (χ1v) is 11.9. The predicted molar refractivity (Wildman–Crippen MR) is 123 cm³/mol. The van der Waals surface area contributed by atoms with E-state index in [9.17, 15) is 18.0 Å². The number of ether oxygens (including phenoxy) is 3. The molecule has 34 heavy (non-hydrogen) atoms. The number of fused-ring (bicyclic) bond motifs is 1. The number of sulfonamides is 1. The maximum absolute atomic E-state index is 12.5. The second-order valence-corrected chi connectivity index (χ2v) is 9.13. The van der Waals surface area contributed by atoms with Gasteiger partial charge in [-0.05, 0) is 61.0 Å². The minimum Gasteiger partial charge on any atom is -0.454 e. The van der Waals surface area contributed by atoms with Crippen LogP contribution in [0.15, 0.2) is 77.7 Å². The number of carbonyl (C=O) groups excluding carboxylic acids is 2. The van der Waals surface area contributed by atoms with E-state index in [1.54, 1.807) is 48.5 Å². The Labute approximate surface area is 196 Å². The SMILES string of the molecule is CC(OC(=O)c1ccc(S(=O)(=O)Nc2ccccc2)cc1)C(=O)NCc1ccc2c(c1)OCO2. The largest absolute Gasteiger partial charge is 0.454 e. The summed E-state index contributed by atoms with van der Waals surface area (Å²) in [6.45, 7) is 1.84. The molecule has 10 heteroatoms. The van der Waals surface area contributed by atoms with Crippen molar-refractivity contribution in [3.8, 4) is 11.5 Å². The molecule has 0 aliphatic carbocycles. The molecule has 0 saturated heterocycles. The zero-order valence-electron chi connectivity index (χ0n) is 18.2. The molecule has 2 N–H and O–H groups in total. The van der Waals surface area contributed by atoms with Crippen LogP contribution < -0.4 is 19.5 Å². The lowest BCUT2D eigenvalue weighted by Crippen LogP contribution is -2.35. The van der Waals surface area contributed by atoms with E-state index in [2.05, 4.69) is 10.0 Å². The van der Waals surface area contributed by atoms with Gasteiger partial charge in [-0.1, -0.05) is 24.3 Å². The second-order valence-electron chi connectivity index (χ2n) is 7.45. The van der Waals surface area contributed by atoms with E-state index < -0.39 is 28.0 Å². The molecule has 1 unspecified atom stereocenters. The summed E-state index contributed by atoms with van der Waals surface area (Å²) in [6.07, 6.45) is -1.05. The number of nitrogens with one attached hydrogen (secondary N) is 2. The van der Waals surface area contributed by atoms with Crippen LogP contribution in [0.4, 0.5) is 5.69 Å². The first kappa shape index (κ1) is 23.1. The van der Waals surface area contributed by atoms with Crippen LogP contribution in [0, 0.1) is 0 Å². The third kappa shape index (κ3) is 5.46. The van der Waals surface area contributed by atoms with Gasteiger partial charge in [0, 0.05) is 12.2 Å². The fraction of sp³-hybridized carbons (Fsp3) is 0.167. The fourth-order valence-electron chi connectivity index (χ4n) is 3.16. The normalized spacial score (nSPS) is 13.1. The summed E-state index contributed by atoms with van der Waals surface area (Å²) in [4.78, 5) is 24.7. The Morgan fingerprint density at radius 3 is 2.41 bits per heavy atom. The molecule has 176 valence electrons. The lowest BCUT2D eigenvalue weighted by molar-refractivity contribution is -0.129. The molecule has 1 amide bonds. The van der Waals surface area contributed by atoms with E-state index in [0.29, 0.717) is 17.2 Å². The van der Waals surface area contributed by atoms with Crippen LogP contribution in [0.25, 0.3) is 0 Å². The monoisotopic (exact) mass is 482 g/mol. The maximum Gasteiger partial charge on any atom is 0.338 e. The molecule has 1 aliphatic rings. The highest BCUT2D eigenvalue weighted by molar-refractivity contribution is 7.92. The number of amides is 1. The summed E-state index contributed by atoms with van der Waals surface area (Å²) in [7, 11) is -3.81. The predicted octanol–water partition coefficient (Wildman–Crippen LogP) is 3.08. The van der Waals surface area contributed by atoms with Crippen molar-refractivity contribution in [1.82, 2.24) is 5.32 Å². The minimum atomic E-state index is -3.81. The first-order chi connectivity index (χ1) is 16.3. The molecule has 0 fully saturated rings. The summed E-state index contributed by atoms with van der Waals surface area (Å²) in [5, 5.41) is 2.70. The molecule has 3 aromatic carbocycles. The Balaban J connectivity index is 1.31. The van der Waals surface area contributed by atoms with Gasteiger partial charge < -0.3 is 19.5 Å². The van der Waals surface area contributed by atoms with Crippen LogP contribution in [-0.4, -0.2) is 33.2 Å². The van der Waals surface area contributed by atoms with Crippen molar-refractivity contribution in [3.05, 3.63) is 83.9 Å². The van der Waals surface area contributed by atoms with E-state index in [1.165, 1.54) is 31.2 Å². The number of hydrogen-bond acceptors (Lipinski definition) is 7. The first-order valence-electron chi connectivity index (χ1n) is 10.4. The molecule has 1 atom stereocenters. The minimum absolute atomic E-state index is 0.0116. The molecule has 1 heterocycles. The molecule has 0 radical (unpaired) electrons. The molecule has 4 rings (SSSR count). The van der Waals surface area contributed by atoms with E-state index in [1.807, 2.05) is 0 Å². The average Bonchev–Trinajstić information content (AvgIpc) is 3.31. The molecular weight excluding hydrogens is 460 g/mol. The van der Waals surface area contributed by atoms with Crippen molar-refractivity contribution in [3.63, 3.8) is 0 Å². The number of carbonyl (C=O) groups is 2. The number of hydrogen-bond donors (Lipinski definition) is 2. The van der Waals surface area contributed by atoms with Crippen LogP contribution in [-0.2, 0) is 26.1 Å². The van der Waals surface area contributed by atoms with Crippen molar-refractivity contribution < 1.29 is 32.2 Å². The Morgan fingerprint density at radius 1 is 0.971 bits per heavy atom. The highest BCUT2D eigenvalue weighted by Gasteiger charge is 2.21. The van der Waals surface area contributed by atoms with E-state index >= 15 is 0 Å². The van der Waals surface area contributed by atoms with Crippen LogP contribution in [0.2, 0.25) is 0 Å². The maximum atomic E-state index is 12.5. The van der Waals surface area contributed by atoms with Gasteiger partial charge in [0.15, 0.2) is 17.6 Å². The molecule has 0 spiro atoms. The standard InChI is InChI=1S/C24H22N2O7S/c1-16(23(27)25-14-17-7-12-21-22(13-17)32-15-31-21)33-24(28)18-8-10-20(11-9-18)34(29,30)26-19-5-3-2-4-6-19/h2-13,16,26H,14-15H2,1H3,(H,25,27). The number of anilines is 1. The number of rotatable bonds is 8. The molecule has 0 aromatic heterocycles. The van der Waals surface area contributed by atoms with Crippen molar-refractivity contribution in [2.45, 2.75) is 24.5 Å². The lowest BCUT2D eigenvalue weighted by Gasteiger charge is -2.14. The number of esters is 1. The number of para-hydroxylation sites is 1. The lowest BCUT2D eigenvalue weighted by atomic mass is 10.2. The van der Waals surface area contributed by atoms with Gasteiger partial charge in [0.25, 0.3) is 15.9 Å². The zero-order valence-corrected chi connectivity index (χ0v) is 19.0.